The maximum absolute atomic E-state index is 11.8. The minimum atomic E-state index is -0.331. The predicted octanol–water partition coefficient (Wildman–Crippen LogP) is 2.80. The lowest BCUT2D eigenvalue weighted by Crippen LogP contribution is -2.20. The van der Waals surface area contributed by atoms with Crippen LogP contribution in [0, 0.1) is 0 Å². The smallest absolute Gasteiger partial charge is 0.205 e. The average Bonchev–Trinajstić information content (AvgIpc) is 2.27. The summed E-state index contributed by atoms with van der Waals surface area (Å²) >= 11 is 11.4. The van der Waals surface area contributed by atoms with Gasteiger partial charge in [0.15, 0.2) is 5.78 Å². The van der Waals surface area contributed by atoms with Gasteiger partial charge < -0.3 is 0 Å². The summed E-state index contributed by atoms with van der Waals surface area (Å²) in [4.78, 5) is 23.6. The van der Waals surface area contributed by atoms with Crippen LogP contribution in [0.5, 0.6) is 0 Å². The van der Waals surface area contributed by atoms with Crippen LogP contribution < -0.4 is 0 Å². The molecule has 1 aliphatic carbocycles. The van der Waals surface area contributed by atoms with Gasteiger partial charge >= 0.3 is 0 Å². The van der Waals surface area contributed by atoms with E-state index in [0.717, 1.165) is 0 Å². The molecule has 0 aromatic heterocycles. The Bertz CT molecular complexity index is 489. The summed E-state index contributed by atoms with van der Waals surface area (Å²) in [6.07, 6.45) is 0. The first-order valence-corrected chi connectivity index (χ1v) is 5.21. The number of hydrogen-bond donors (Lipinski definition) is 0. The number of ketones is 2. The highest BCUT2D eigenvalue weighted by Crippen LogP contribution is 2.28. The number of Topliss-reactive ketones (excluding diaryl/α,β-unsaturated/α-hetero) is 2. The van der Waals surface area contributed by atoms with Crippen LogP contribution in [0.2, 0.25) is 0 Å². The van der Waals surface area contributed by atoms with Gasteiger partial charge in [0.25, 0.3) is 0 Å². The Hall–Kier alpha value is -1.12. The molecule has 0 fully saturated rings. The third-order valence-electron chi connectivity index (χ3n) is 2.29. The largest absolute Gasteiger partial charge is 0.289 e. The second kappa shape index (κ2) is 3.80. The van der Waals surface area contributed by atoms with Crippen molar-refractivity contribution in [3.05, 3.63) is 46.0 Å². The molecule has 0 bridgehead atoms. The second-order valence-electron chi connectivity index (χ2n) is 3.13. The molecular formula is C11H6Cl2O2. The lowest BCUT2D eigenvalue weighted by Gasteiger charge is -2.15. The summed E-state index contributed by atoms with van der Waals surface area (Å²) in [7, 11) is 0. The molecule has 2 rings (SSSR count). The molecule has 0 radical (unpaired) electrons. The van der Waals surface area contributed by atoms with Crippen molar-refractivity contribution in [3.63, 3.8) is 0 Å². The van der Waals surface area contributed by atoms with Gasteiger partial charge in [-0.2, -0.15) is 0 Å². The van der Waals surface area contributed by atoms with Gasteiger partial charge in [-0.15, -0.1) is 11.6 Å². The molecule has 0 unspecified atom stereocenters. The number of carbonyl (C=O) groups excluding carboxylic acids is 2. The van der Waals surface area contributed by atoms with Crippen molar-refractivity contribution in [3.8, 4) is 0 Å². The molecule has 0 aliphatic heterocycles. The molecule has 0 N–H and O–H groups in total. The Morgan fingerprint density at radius 3 is 2.07 bits per heavy atom. The molecule has 1 aliphatic rings. The van der Waals surface area contributed by atoms with E-state index in [0.29, 0.717) is 11.1 Å². The molecule has 0 atom stereocenters. The SMILES string of the molecule is O=C1C(Cl)=C(CCl)C(=O)c2ccccc21. The van der Waals surface area contributed by atoms with Crippen LogP contribution in [0.3, 0.4) is 0 Å². The van der Waals surface area contributed by atoms with Gasteiger partial charge in [-0.25, -0.2) is 0 Å². The third-order valence-corrected chi connectivity index (χ3v) is 2.96. The zero-order valence-corrected chi connectivity index (χ0v) is 9.10. The summed E-state index contributed by atoms with van der Waals surface area (Å²) in [5.74, 6) is -0.634. The van der Waals surface area contributed by atoms with E-state index in [-0.39, 0.29) is 28.1 Å². The molecule has 1 aromatic rings. The summed E-state index contributed by atoms with van der Waals surface area (Å²) < 4.78 is 0. The number of benzene rings is 1. The van der Waals surface area contributed by atoms with Crippen molar-refractivity contribution in [2.75, 3.05) is 5.88 Å². The molecule has 2 nitrogen and oxygen atoms in total. The normalized spacial score (nSPS) is 15.6. The van der Waals surface area contributed by atoms with E-state index < -0.39 is 0 Å². The Kier molecular flexibility index (Phi) is 2.63. The molecule has 0 spiro atoms. The fourth-order valence-corrected chi connectivity index (χ4v) is 2.09. The van der Waals surface area contributed by atoms with Gasteiger partial charge in [-0.3, -0.25) is 9.59 Å². The standard InChI is InChI=1S/C11H6Cl2O2/c12-5-8-9(13)11(15)7-4-2-1-3-6(7)10(8)14/h1-4H,5H2. The van der Waals surface area contributed by atoms with E-state index in [1.165, 1.54) is 0 Å². The highest BCUT2D eigenvalue weighted by Gasteiger charge is 2.30. The lowest BCUT2D eigenvalue weighted by molar-refractivity contribution is 0.0981. The van der Waals surface area contributed by atoms with Crippen molar-refractivity contribution in [2.45, 2.75) is 0 Å². The number of halogens is 2. The minimum absolute atomic E-state index is 0.0439. The summed E-state index contributed by atoms with van der Waals surface area (Å²) in [5.41, 5.74) is 0.908. The van der Waals surface area contributed by atoms with Gasteiger partial charge in [-0.05, 0) is 0 Å². The minimum Gasteiger partial charge on any atom is -0.289 e. The first-order valence-electron chi connectivity index (χ1n) is 4.30. The maximum atomic E-state index is 11.8. The molecule has 76 valence electrons. The van der Waals surface area contributed by atoms with Crippen LogP contribution in [0.15, 0.2) is 34.9 Å². The number of alkyl halides is 1. The Balaban J connectivity index is 2.68. The van der Waals surface area contributed by atoms with Crippen LogP contribution in [0.1, 0.15) is 20.7 Å². The van der Waals surface area contributed by atoms with Gasteiger partial charge in [0, 0.05) is 16.7 Å². The van der Waals surface area contributed by atoms with Crippen molar-refractivity contribution >= 4 is 34.8 Å². The topological polar surface area (TPSA) is 34.1 Å². The lowest BCUT2D eigenvalue weighted by atomic mass is 9.90. The quantitative estimate of drug-likeness (QED) is 0.708. The molecular weight excluding hydrogens is 235 g/mol. The fraction of sp³-hybridized carbons (Fsp3) is 0.0909. The number of rotatable bonds is 1. The Morgan fingerprint density at radius 2 is 1.53 bits per heavy atom. The number of allylic oxidation sites excluding steroid dienone is 2. The van der Waals surface area contributed by atoms with Gasteiger partial charge in [-0.1, -0.05) is 35.9 Å². The van der Waals surface area contributed by atoms with Gasteiger partial charge in [0.2, 0.25) is 5.78 Å². The van der Waals surface area contributed by atoms with Crippen molar-refractivity contribution in [1.29, 1.82) is 0 Å². The van der Waals surface area contributed by atoms with Crippen molar-refractivity contribution in [1.82, 2.24) is 0 Å². The van der Waals surface area contributed by atoms with E-state index in [1.807, 2.05) is 0 Å². The Labute approximate surface area is 96.5 Å². The zero-order valence-electron chi connectivity index (χ0n) is 7.59. The predicted molar refractivity (Wildman–Crippen MR) is 58.7 cm³/mol. The Morgan fingerprint density at radius 1 is 1.00 bits per heavy atom. The van der Waals surface area contributed by atoms with E-state index >= 15 is 0 Å². The van der Waals surface area contributed by atoms with Crippen LogP contribution in [-0.4, -0.2) is 17.4 Å². The monoisotopic (exact) mass is 240 g/mol. The van der Waals surface area contributed by atoms with Gasteiger partial charge in [0.05, 0.1) is 10.9 Å². The second-order valence-corrected chi connectivity index (χ2v) is 3.78. The average molecular weight is 241 g/mol. The molecule has 4 heteroatoms. The first-order chi connectivity index (χ1) is 7.16. The zero-order chi connectivity index (χ0) is 11.0. The molecule has 0 saturated carbocycles. The van der Waals surface area contributed by atoms with Crippen LogP contribution in [0.4, 0.5) is 0 Å². The number of hydrogen-bond acceptors (Lipinski definition) is 2. The van der Waals surface area contributed by atoms with Crippen LogP contribution >= 0.6 is 23.2 Å². The molecule has 15 heavy (non-hydrogen) atoms. The van der Waals surface area contributed by atoms with Gasteiger partial charge in [0.1, 0.15) is 0 Å². The number of fused-ring (bicyclic) bond motifs is 1. The summed E-state index contributed by atoms with van der Waals surface area (Å²) in [6, 6.07) is 6.59. The maximum Gasteiger partial charge on any atom is 0.205 e. The molecule has 0 heterocycles. The first kappa shape index (κ1) is 10.4. The molecule has 1 aromatic carbocycles. The highest BCUT2D eigenvalue weighted by molar-refractivity contribution is 6.50. The molecule has 0 amide bonds. The highest BCUT2D eigenvalue weighted by atomic mass is 35.5. The van der Waals surface area contributed by atoms with E-state index in [2.05, 4.69) is 0 Å². The number of carbonyl (C=O) groups is 2. The summed E-state index contributed by atoms with van der Waals surface area (Å²) in [5, 5.41) is -0.0614. The van der Waals surface area contributed by atoms with Crippen molar-refractivity contribution < 1.29 is 9.59 Å². The summed E-state index contributed by atoms with van der Waals surface area (Å²) in [6.45, 7) is 0. The van der Waals surface area contributed by atoms with Crippen LogP contribution in [0.25, 0.3) is 0 Å². The van der Waals surface area contributed by atoms with E-state index in [4.69, 9.17) is 23.2 Å². The van der Waals surface area contributed by atoms with E-state index in [1.54, 1.807) is 24.3 Å². The third kappa shape index (κ3) is 1.50. The van der Waals surface area contributed by atoms with Crippen molar-refractivity contribution in [2.24, 2.45) is 0 Å². The van der Waals surface area contributed by atoms with E-state index in [9.17, 15) is 9.59 Å². The molecule has 0 saturated heterocycles. The fourth-order valence-electron chi connectivity index (χ4n) is 1.52. The van der Waals surface area contributed by atoms with Crippen LogP contribution in [-0.2, 0) is 0 Å².